The lowest BCUT2D eigenvalue weighted by molar-refractivity contribution is -0.140. The fourth-order valence-corrected chi connectivity index (χ4v) is 3.65. The second-order valence-corrected chi connectivity index (χ2v) is 6.84. The minimum atomic E-state index is 0.126. The van der Waals surface area contributed by atoms with Crippen molar-refractivity contribution in [2.24, 2.45) is 5.92 Å². The van der Waals surface area contributed by atoms with Gasteiger partial charge in [0.05, 0.1) is 18.9 Å². The summed E-state index contributed by atoms with van der Waals surface area (Å²) in [5.74, 6) is 1.31. The molecule has 6 nitrogen and oxygen atoms in total. The molecule has 1 amide bonds. The Labute approximate surface area is 153 Å². The van der Waals surface area contributed by atoms with Crippen LogP contribution in [-0.4, -0.2) is 60.4 Å². The number of carbonyl (C=O) groups is 1. The average Bonchev–Trinajstić information content (AvgIpc) is 2.75. The number of benzene rings is 1. The van der Waals surface area contributed by atoms with Crippen molar-refractivity contribution in [3.05, 3.63) is 42.5 Å². The number of hydrogen-bond acceptors (Lipinski definition) is 5. The highest BCUT2D eigenvalue weighted by Gasteiger charge is 2.29. The van der Waals surface area contributed by atoms with Gasteiger partial charge in [-0.15, -0.1) is 10.2 Å². The Morgan fingerprint density at radius 2 is 1.65 bits per heavy atom. The number of morpholine rings is 1. The highest BCUT2D eigenvalue weighted by atomic mass is 16.5. The van der Waals surface area contributed by atoms with Gasteiger partial charge in [-0.05, 0) is 25.0 Å². The van der Waals surface area contributed by atoms with Crippen LogP contribution in [0.1, 0.15) is 12.8 Å². The topological polar surface area (TPSA) is 58.6 Å². The van der Waals surface area contributed by atoms with Crippen molar-refractivity contribution in [3.63, 3.8) is 0 Å². The number of piperidine rings is 1. The van der Waals surface area contributed by atoms with E-state index in [9.17, 15) is 4.79 Å². The minimum Gasteiger partial charge on any atom is -0.378 e. The molecular weight excluding hydrogens is 328 g/mol. The van der Waals surface area contributed by atoms with Gasteiger partial charge in [0, 0.05) is 37.7 Å². The van der Waals surface area contributed by atoms with E-state index in [1.807, 2.05) is 47.4 Å². The van der Waals surface area contributed by atoms with Crippen LogP contribution in [0.2, 0.25) is 0 Å². The summed E-state index contributed by atoms with van der Waals surface area (Å²) >= 11 is 0. The van der Waals surface area contributed by atoms with Gasteiger partial charge < -0.3 is 14.5 Å². The predicted molar refractivity (Wildman–Crippen MR) is 99.8 cm³/mol. The second-order valence-electron chi connectivity index (χ2n) is 6.84. The summed E-state index contributed by atoms with van der Waals surface area (Å²) in [6, 6.07) is 14.1. The van der Waals surface area contributed by atoms with E-state index in [2.05, 4.69) is 15.1 Å². The third-order valence-electron chi connectivity index (χ3n) is 5.21. The fraction of sp³-hybridized carbons (Fsp3) is 0.450. The molecule has 6 heteroatoms. The summed E-state index contributed by atoms with van der Waals surface area (Å²) in [6.07, 6.45) is 1.75. The fourth-order valence-electron chi connectivity index (χ4n) is 3.65. The Hall–Kier alpha value is -2.47. The van der Waals surface area contributed by atoms with E-state index in [1.54, 1.807) is 0 Å². The van der Waals surface area contributed by atoms with E-state index in [0.29, 0.717) is 19.1 Å². The van der Waals surface area contributed by atoms with Gasteiger partial charge in [0.2, 0.25) is 5.91 Å². The monoisotopic (exact) mass is 352 g/mol. The van der Waals surface area contributed by atoms with Crippen molar-refractivity contribution >= 4 is 11.7 Å². The van der Waals surface area contributed by atoms with Crippen LogP contribution in [0, 0.1) is 5.92 Å². The molecule has 2 aromatic rings. The summed E-state index contributed by atoms with van der Waals surface area (Å²) in [7, 11) is 0. The highest BCUT2D eigenvalue weighted by Crippen LogP contribution is 2.24. The van der Waals surface area contributed by atoms with E-state index >= 15 is 0 Å². The third-order valence-corrected chi connectivity index (χ3v) is 5.21. The van der Waals surface area contributed by atoms with Crippen LogP contribution in [-0.2, 0) is 9.53 Å². The number of nitrogens with zero attached hydrogens (tertiary/aromatic N) is 4. The molecule has 0 unspecified atom stereocenters. The molecule has 2 fully saturated rings. The van der Waals surface area contributed by atoms with Crippen LogP contribution in [0.15, 0.2) is 42.5 Å². The SMILES string of the molecule is O=C(C1CCN(c2ccc(-c3ccccc3)nn2)CC1)N1CCOCC1. The van der Waals surface area contributed by atoms with Crippen molar-refractivity contribution in [1.29, 1.82) is 0 Å². The van der Waals surface area contributed by atoms with Crippen molar-refractivity contribution in [2.75, 3.05) is 44.3 Å². The lowest BCUT2D eigenvalue weighted by Crippen LogP contribution is -2.47. The molecule has 2 aliphatic heterocycles. The standard InChI is InChI=1S/C20H24N4O2/c25-20(24-12-14-26-15-13-24)17-8-10-23(11-9-17)19-7-6-18(21-22-19)16-4-2-1-3-5-16/h1-7,17H,8-15H2. The molecule has 0 spiro atoms. The Kier molecular flexibility index (Phi) is 5.11. The van der Waals surface area contributed by atoms with Gasteiger partial charge in [0.1, 0.15) is 0 Å². The number of ether oxygens (including phenoxy) is 1. The van der Waals surface area contributed by atoms with Crippen molar-refractivity contribution in [3.8, 4) is 11.3 Å². The van der Waals surface area contributed by atoms with Gasteiger partial charge in [-0.25, -0.2) is 0 Å². The molecule has 26 heavy (non-hydrogen) atoms. The van der Waals surface area contributed by atoms with E-state index < -0.39 is 0 Å². The van der Waals surface area contributed by atoms with Gasteiger partial charge in [-0.2, -0.15) is 0 Å². The van der Waals surface area contributed by atoms with Crippen LogP contribution in [0.5, 0.6) is 0 Å². The number of amides is 1. The zero-order valence-corrected chi connectivity index (χ0v) is 14.9. The van der Waals surface area contributed by atoms with Gasteiger partial charge in [0.15, 0.2) is 5.82 Å². The van der Waals surface area contributed by atoms with Crippen molar-refractivity contribution in [2.45, 2.75) is 12.8 Å². The van der Waals surface area contributed by atoms with Crippen LogP contribution < -0.4 is 4.90 Å². The Balaban J connectivity index is 1.35. The summed E-state index contributed by atoms with van der Waals surface area (Å²) in [6.45, 7) is 4.47. The molecule has 0 aliphatic carbocycles. The first kappa shape index (κ1) is 17.0. The summed E-state index contributed by atoms with van der Waals surface area (Å²) in [5, 5.41) is 8.77. The molecule has 0 radical (unpaired) electrons. The molecule has 0 bridgehead atoms. The lowest BCUT2D eigenvalue weighted by atomic mass is 9.95. The van der Waals surface area contributed by atoms with Gasteiger partial charge in [-0.1, -0.05) is 30.3 Å². The van der Waals surface area contributed by atoms with Crippen LogP contribution in [0.25, 0.3) is 11.3 Å². The number of anilines is 1. The molecule has 0 N–H and O–H groups in total. The van der Waals surface area contributed by atoms with Crippen LogP contribution in [0.3, 0.4) is 0 Å². The molecular formula is C20H24N4O2. The molecule has 0 atom stereocenters. The zero-order valence-electron chi connectivity index (χ0n) is 14.9. The van der Waals surface area contributed by atoms with Crippen molar-refractivity contribution < 1.29 is 9.53 Å². The summed E-state index contributed by atoms with van der Waals surface area (Å²) in [5.41, 5.74) is 1.95. The predicted octanol–water partition coefficient (Wildman–Crippen LogP) is 2.22. The van der Waals surface area contributed by atoms with E-state index in [0.717, 1.165) is 56.1 Å². The molecule has 4 rings (SSSR count). The highest BCUT2D eigenvalue weighted by molar-refractivity contribution is 5.79. The van der Waals surface area contributed by atoms with Gasteiger partial charge in [-0.3, -0.25) is 4.79 Å². The Morgan fingerprint density at radius 3 is 2.31 bits per heavy atom. The first-order valence-electron chi connectivity index (χ1n) is 9.32. The molecule has 0 saturated carbocycles. The maximum Gasteiger partial charge on any atom is 0.225 e. The molecule has 2 saturated heterocycles. The third kappa shape index (κ3) is 3.70. The Morgan fingerprint density at radius 1 is 0.923 bits per heavy atom. The van der Waals surface area contributed by atoms with Gasteiger partial charge in [0.25, 0.3) is 0 Å². The molecule has 136 valence electrons. The maximum absolute atomic E-state index is 12.6. The summed E-state index contributed by atoms with van der Waals surface area (Å²) < 4.78 is 5.34. The quantitative estimate of drug-likeness (QED) is 0.848. The van der Waals surface area contributed by atoms with Crippen LogP contribution >= 0.6 is 0 Å². The largest absolute Gasteiger partial charge is 0.378 e. The zero-order chi connectivity index (χ0) is 17.8. The Bertz CT molecular complexity index is 721. The second kappa shape index (κ2) is 7.83. The van der Waals surface area contributed by atoms with Gasteiger partial charge >= 0.3 is 0 Å². The van der Waals surface area contributed by atoms with Crippen molar-refractivity contribution in [1.82, 2.24) is 15.1 Å². The normalized spacial score (nSPS) is 18.8. The average molecular weight is 352 g/mol. The molecule has 1 aromatic carbocycles. The number of rotatable bonds is 3. The molecule has 1 aromatic heterocycles. The molecule has 3 heterocycles. The smallest absolute Gasteiger partial charge is 0.225 e. The van der Waals surface area contributed by atoms with E-state index in [4.69, 9.17) is 4.74 Å². The first-order valence-corrected chi connectivity index (χ1v) is 9.32. The molecule has 2 aliphatic rings. The van der Waals surface area contributed by atoms with E-state index in [1.165, 1.54) is 0 Å². The number of aromatic nitrogens is 2. The number of hydrogen-bond donors (Lipinski definition) is 0. The maximum atomic E-state index is 12.6. The minimum absolute atomic E-state index is 0.126. The van der Waals surface area contributed by atoms with E-state index in [-0.39, 0.29) is 5.92 Å². The number of carbonyl (C=O) groups excluding carboxylic acids is 1. The summed E-state index contributed by atoms with van der Waals surface area (Å²) in [4.78, 5) is 16.8. The van der Waals surface area contributed by atoms with Crippen LogP contribution in [0.4, 0.5) is 5.82 Å². The first-order chi connectivity index (χ1) is 12.8. The lowest BCUT2D eigenvalue weighted by Gasteiger charge is -2.35.